The van der Waals surface area contributed by atoms with Crippen molar-refractivity contribution in [3.8, 4) is 17.2 Å². The average molecular weight is 425 g/mol. The number of pyridine rings is 1. The van der Waals surface area contributed by atoms with E-state index in [-0.39, 0.29) is 5.91 Å². The Hall–Kier alpha value is -4.46. The van der Waals surface area contributed by atoms with Crippen molar-refractivity contribution in [1.29, 1.82) is 0 Å². The molecule has 0 saturated carbocycles. The molecule has 1 amide bonds. The van der Waals surface area contributed by atoms with Crippen LogP contribution in [0.2, 0.25) is 0 Å². The molecule has 2 aromatic carbocycles. The fraction of sp³-hybridized carbons (Fsp3) is 0.0833. The quantitative estimate of drug-likeness (QED) is 0.430. The van der Waals surface area contributed by atoms with Gasteiger partial charge in [-0.05, 0) is 55.5 Å². The van der Waals surface area contributed by atoms with Crippen molar-refractivity contribution in [2.24, 2.45) is 0 Å². The second-order valence-electron chi connectivity index (χ2n) is 7.19. The Morgan fingerprint density at radius 2 is 1.94 bits per heavy atom. The Bertz CT molecular complexity index is 1360. The van der Waals surface area contributed by atoms with E-state index in [0.717, 1.165) is 16.9 Å². The highest BCUT2D eigenvalue weighted by atomic mass is 16.5. The Kier molecular flexibility index (Phi) is 5.09. The van der Waals surface area contributed by atoms with Gasteiger partial charge in [0.1, 0.15) is 18.0 Å². The standard InChI is InChI=1S/C24H19N5O3/c1-16-25-24(32-28-16)18-10-8-17(9-11-18)23(30)27-19-5-4-6-21(13-19)31-15-20-14-29-12-3-2-7-22(29)26-20/h2-14H,15H2,1H3,(H,27,30). The Labute approximate surface area is 183 Å². The molecule has 0 spiro atoms. The van der Waals surface area contributed by atoms with Crippen LogP contribution in [0.4, 0.5) is 5.69 Å². The summed E-state index contributed by atoms with van der Waals surface area (Å²) in [6.07, 6.45) is 3.87. The number of amides is 1. The summed E-state index contributed by atoms with van der Waals surface area (Å²) in [5, 5.41) is 6.67. The van der Waals surface area contributed by atoms with Gasteiger partial charge in [0.25, 0.3) is 11.8 Å². The summed E-state index contributed by atoms with van der Waals surface area (Å²) in [4.78, 5) is 21.3. The van der Waals surface area contributed by atoms with E-state index in [2.05, 4.69) is 20.4 Å². The van der Waals surface area contributed by atoms with Crippen LogP contribution in [0.1, 0.15) is 21.9 Å². The number of benzene rings is 2. The highest BCUT2D eigenvalue weighted by Crippen LogP contribution is 2.21. The number of hydrogen-bond donors (Lipinski definition) is 1. The van der Waals surface area contributed by atoms with Crippen molar-refractivity contribution in [3.63, 3.8) is 0 Å². The minimum Gasteiger partial charge on any atom is -0.487 e. The highest BCUT2D eigenvalue weighted by molar-refractivity contribution is 6.04. The third kappa shape index (κ3) is 4.20. The van der Waals surface area contributed by atoms with Gasteiger partial charge in [-0.3, -0.25) is 4.79 Å². The average Bonchev–Trinajstić information content (AvgIpc) is 3.44. The van der Waals surface area contributed by atoms with E-state index < -0.39 is 0 Å². The zero-order valence-electron chi connectivity index (χ0n) is 17.2. The number of imidazole rings is 1. The smallest absolute Gasteiger partial charge is 0.257 e. The third-order valence-corrected chi connectivity index (χ3v) is 4.81. The molecular weight excluding hydrogens is 406 g/mol. The number of nitrogens with zero attached hydrogens (tertiary/aromatic N) is 4. The summed E-state index contributed by atoms with van der Waals surface area (Å²) in [6.45, 7) is 2.08. The van der Waals surface area contributed by atoms with Gasteiger partial charge in [0.15, 0.2) is 5.82 Å². The summed E-state index contributed by atoms with van der Waals surface area (Å²) >= 11 is 0. The van der Waals surface area contributed by atoms with Crippen molar-refractivity contribution >= 4 is 17.2 Å². The van der Waals surface area contributed by atoms with Gasteiger partial charge < -0.3 is 19.0 Å². The van der Waals surface area contributed by atoms with Gasteiger partial charge in [0, 0.05) is 35.3 Å². The molecule has 158 valence electrons. The normalized spacial score (nSPS) is 10.9. The van der Waals surface area contributed by atoms with Gasteiger partial charge in [-0.1, -0.05) is 17.3 Å². The fourth-order valence-electron chi connectivity index (χ4n) is 3.26. The van der Waals surface area contributed by atoms with Gasteiger partial charge in [-0.25, -0.2) is 4.98 Å². The summed E-state index contributed by atoms with van der Waals surface area (Å²) in [7, 11) is 0. The number of carbonyl (C=O) groups is 1. The van der Waals surface area contributed by atoms with Crippen LogP contribution in [0.25, 0.3) is 17.1 Å². The summed E-state index contributed by atoms with van der Waals surface area (Å²) in [5.41, 5.74) is 3.60. The number of carbonyl (C=O) groups excluding carboxylic acids is 1. The van der Waals surface area contributed by atoms with Gasteiger partial charge in [-0.2, -0.15) is 4.98 Å². The molecule has 0 saturated heterocycles. The molecule has 0 fully saturated rings. The maximum Gasteiger partial charge on any atom is 0.257 e. The molecular formula is C24H19N5O3. The predicted octanol–water partition coefficient (Wildman–Crippen LogP) is 4.52. The topological polar surface area (TPSA) is 94.5 Å². The van der Waals surface area contributed by atoms with Crippen LogP contribution >= 0.6 is 0 Å². The first-order chi connectivity index (χ1) is 15.6. The molecule has 5 aromatic rings. The molecule has 3 aromatic heterocycles. The number of aromatic nitrogens is 4. The van der Waals surface area contributed by atoms with E-state index in [1.807, 2.05) is 53.2 Å². The molecule has 32 heavy (non-hydrogen) atoms. The summed E-state index contributed by atoms with van der Waals surface area (Å²) < 4.78 is 13.0. The van der Waals surface area contributed by atoms with Gasteiger partial charge >= 0.3 is 0 Å². The van der Waals surface area contributed by atoms with Crippen molar-refractivity contribution in [2.75, 3.05) is 5.32 Å². The number of hydrogen-bond acceptors (Lipinski definition) is 6. The number of nitrogens with one attached hydrogen (secondary N) is 1. The maximum absolute atomic E-state index is 12.6. The molecule has 0 atom stereocenters. The molecule has 8 nitrogen and oxygen atoms in total. The minimum absolute atomic E-state index is 0.226. The Morgan fingerprint density at radius 3 is 2.72 bits per heavy atom. The van der Waals surface area contributed by atoms with Gasteiger partial charge in [0.2, 0.25) is 0 Å². The van der Waals surface area contributed by atoms with Gasteiger partial charge in [-0.15, -0.1) is 0 Å². The Morgan fingerprint density at radius 1 is 1.06 bits per heavy atom. The molecule has 0 bridgehead atoms. The van der Waals surface area contributed by atoms with E-state index in [9.17, 15) is 4.79 Å². The third-order valence-electron chi connectivity index (χ3n) is 4.81. The number of anilines is 1. The molecule has 0 aliphatic rings. The predicted molar refractivity (Wildman–Crippen MR) is 118 cm³/mol. The van der Waals surface area contributed by atoms with E-state index in [1.165, 1.54) is 0 Å². The van der Waals surface area contributed by atoms with E-state index in [0.29, 0.717) is 35.3 Å². The SMILES string of the molecule is Cc1noc(-c2ccc(C(=O)Nc3cccc(OCc4cn5ccccc5n4)c3)cc2)n1. The van der Waals surface area contributed by atoms with Crippen LogP contribution in [0.15, 0.2) is 83.6 Å². The molecule has 0 unspecified atom stereocenters. The molecule has 8 heteroatoms. The summed E-state index contributed by atoms with van der Waals surface area (Å²) in [6, 6.07) is 20.1. The highest BCUT2D eigenvalue weighted by Gasteiger charge is 2.10. The van der Waals surface area contributed by atoms with Crippen LogP contribution in [0, 0.1) is 6.92 Å². The van der Waals surface area contributed by atoms with Crippen LogP contribution < -0.4 is 10.1 Å². The van der Waals surface area contributed by atoms with Crippen LogP contribution in [-0.4, -0.2) is 25.4 Å². The van der Waals surface area contributed by atoms with Crippen molar-refractivity contribution in [2.45, 2.75) is 13.5 Å². The maximum atomic E-state index is 12.6. The number of ether oxygens (including phenoxy) is 1. The Balaban J connectivity index is 1.23. The van der Waals surface area contributed by atoms with Crippen LogP contribution in [-0.2, 0) is 6.61 Å². The lowest BCUT2D eigenvalue weighted by molar-refractivity contribution is 0.102. The fourth-order valence-corrected chi connectivity index (χ4v) is 3.26. The molecule has 0 radical (unpaired) electrons. The van der Waals surface area contributed by atoms with Crippen molar-refractivity contribution in [1.82, 2.24) is 19.5 Å². The largest absolute Gasteiger partial charge is 0.487 e. The van der Waals surface area contributed by atoms with Crippen molar-refractivity contribution < 1.29 is 14.1 Å². The van der Waals surface area contributed by atoms with Crippen LogP contribution in [0.3, 0.4) is 0 Å². The number of fused-ring (bicyclic) bond motifs is 1. The zero-order chi connectivity index (χ0) is 21.9. The first-order valence-electron chi connectivity index (χ1n) is 10.0. The molecule has 1 N–H and O–H groups in total. The lowest BCUT2D eigenvalue weighted by Gasteiger charge is -2.09. The zero-order valence-corrected chi connectivity index (χ0v) is 17.2. The molecule has 0 aliphatic heterocycles. The first-order valence-corrected chi connectivity index (χ1v) is 10.0. The first kappa shape index (κ1) is 19.5. The molecule has 5 rings (SSSR count). The minimum atomic E-state index is -0.226. The monoisotopic (exact) mass is 425 g/mol. The lowest BCUT2D eigenvalue weighted by Crippen LogP contribution is -2.11. The summed E-state index contributed by atoms with van der Waals surface area (Å²) in [5.74, 6) is 1.40. The van der Waals surface area contributed by atoms with E-state index >= 15 is 0 Å². The number of rotatable bonds is 6. The lowest BCUT2D eigenvalue weighted by atomic mass is 10.1. The van der Waals surface area contributed by atoms with Crippen LogP contribution in [0.5, 0.6) is 5.75 Å². The second-order valence-corrected chi connectivity index (χ2v) is 7.19. The van der Waals surface area contributed by atoms with E-state index in [1.54, 1.807) is 37.3 Å². The number of aryl methyl sites for hydroxylation is 1. The second kappa shape index (κ2) is 8.35. The van der Waals surface area contributed by atoms with Gasteiger partial charge in [0.05, 0.1) is 5.69 Å². The van der Waals surface area contributed by atoms with Crippen molar-refractivity contribution in [3.05, 3.63) is 96.2 Å². The molecule has 3 heterocycles. The molecule has 0 aliphatic carbocycles. The van der Waals surface area contributed by atoms with E-state index in [4.69, 9.17) is 9.26 Å².